The van der Waals surface area contributed by atoms with E-state index < -0.39 is 17.6 Å². The third kappa shape index (κ3) is 4.41. The van der Waals surface area contributed by atoms with Crippen LogP contribution in [0, 0.1) is 17.6 Å². The zero-order valence-corrected chi connectivity index (χ0v) is 10.4. The summed E-state index contributed by atoms with van der Waals surface area (Å²) in [5.74, 6) is -2.55. The second-order valence-corrected chi connectivity index (χ2v) is 4.11. The van der Waals surface area contributed by atoms with Crippen LogP contribution in [0.25, 0.3) is 0 Å². The molecule has 0 fully saturated rings. The van der Waals surface area contributed by atoms with Gasteiger partial charge in [-0.05, 0) is 30.5 Å². The summed E-state index contributed by atoms with van der Waals surface area (Å²) in [6, 6.07) is 2.93. The molecule has 5 heteroatoms. The van der Waals surface area contributed by atoms with Crippen molar-refractivity contribution in [1.29, 1.82) is 0 Å². The van der Waals surface area contributed by atoms with E-state index in [-0.39, 0.29) is 18.1 Å². The van der Waals surface area contributed by atoms with Gasteiger partial charge in [-0.15, -0.1) is 0 Å². The molecule has 0 heterocycles. The Morgan fingerprint density at radius 1 is 1.33 bits per heavy atom. The molecule has 0 N–H and O–H groups in total. The van der Waals surface area contributed by atoms with E-state index in [4.69, 9.17) is 9.47 Å². The number of hydrogen-bond acceptors (Lipinski definition) is 3. The molecular weight excluding hydrogens is 242 g/mol. The van der Waals surface area contributed by atoms with Crippen molar-refractivity contribution in [3.8, 4) is 0 Å². The van der Waals surface area contributed by atoms with Crippen LogP contribution in [0.3, 0.4) is 0 Å². The fourth-order valence-corrected chi connectivity index (χ4v) is 1.33. The molecule has 1 aromatic rings. The quantitative estimate of drug-likeness (QED) is 0.736. The van der Waals surface area contributed by atoms with Crippen LogP contribution in [0.2, 0.25) is 0 Å². The molecule has 18 heavy (non-hydrogen) atoms. The van der Waals surface area contributed by atoms with Crippen molar-refractivity contribution in [1.82, 2.24) is 0 Å². The Hall–Kier alpha value is -1.49. The van der Waals surface area contributed by atoms with E-state index in [0.717, 1.165) is 18.6 Å². The number of rotatable bonds is 6. The Bertz CT molecular complexity index is 407. The van der Waals surface area contributed by atoms with Gasteiger partial charge in [0, 0.05) is 13.7 Å². The number of carbonyl (C=O) groups excluding carboxylic acids is 1. The minimum atomic E-state index is -1.06. The highest BCUT2D eigenvalue weighted by atomic mass is 19.2. The van der Waals surface area contributed by atoms with Gasteiger partial charge in [0.15, 0.2) is 11.6 Å². The molecule has 1 rings (SSSR count). The average Bonchev–Trinajstić information content (AvgIpc) is 2.36. The summed E-state index contributed by atoms with van der Waals surface area (Å²) < 4.78 is 35.5. The normalized spacial score (nSPS) is 12.2. The van der Waals surface area contributed by atoms with Crippen molar-refractivity contribution in [3.05, 3.63) is 35.4 Å². The molecule has 0 aliphatic carbocycles. The van der Waals surface area contributed by atoms with E-state index in [1.54, 1.807) is 7.11 Å². The lowest BCUT2D eigenvalue weighted by Crippen LogP contribution is -2.13. The average molecular weight is 258 g/mol. The molecule has 1 atom stereocenters. The number of hydrogen-bond donors (Lipinski definition) is 0. The molecule has 3 nitrogen and oxygen atoms in total. The topological polar surface area (TPSA) is 35.5 Å². The molecule has 0 aliphatic heterocycles. The molecule has 0 spiro atoms. The first-order valence-electron chi connectivity index (χ1n) is 5.65. The van der Waals surface area contributed by atoms with Crippen molar-refractivity contribution in [2.24, 2.45) is 5.92 Å². The zero-order valence-electron chi connectivity index (χ0n) is 10.4. The first kappa shape index (κ1) is 14.6. The molecule has 0 saturated carbocycles. The van der Waals surface area contributed by atoms with Gasteiger partial charge in [0.05, 0.1) is 12.2 Å². The molecule has 1 aromatic carbocycles. The molecule has 0 saturated heterocycles. The second-order valence-electron chi connectivity index (χ2n) is 4.11. The predicted molar refractivity (Wildman–Crippen MR) is 62.3 cm³/mol. The maximum atomic E-state index is 12.9. The van der Waals surface area contributed by atoms with E-state index in [2.05, 4.69) is 0 Å². The summed E-state index contributed by atoms with van der Waals surface area (Å²) in [7, 11) is 1.60. The van der Waals surface area contributed by atoms with Gasteiger partial charge in [0.1, 0.15) is 0 Å². The van der Waals surface area contributed by atoms with Gasteiger partial charge in [0.2, 0.25) is 0 Å². The molecule has 0 aromatic heterocycles. The second kappa shape index (κ2) is 7.06. The number of benzene rings is 1. The minimum Gasteiger partial charge on any atom is -0.462 e. The Morgan fingerprint density at radius 2 is 2.06 bits per heavy atom. The zero-order chi connectivity index (χ0) is 13.5. The van der Waals surface area contributed by atoms with Crippen LogP contribution in [0.4, 0.5) is 8.78 Å². The van der Waals surface area contributed by atoms with Gasteiger partial charge in [-0.3, -0.25) is 0 Å². The summed E-state index contributed by atoms with van der Waals surface area (Å²) in [4.78, 5) is 11.5. The van der Waals surface area contributed by atoms with E-state index >= 15 is 0 Å². The van der Waals surface area contributed by atoms with Crippen molar-refractivity contribution in [3.63, 3.8) is 0 Å². The molecule has 0 bridgehead atoms. The van der Waals surface area contributed by atoms with E-state index in [0.29, 0.717) is 6.61 Å². The first-order chi connectivity index (χ1) is 8.54. The van der Waals surface area contributed by atoms with Crippen LogP contribution in [-0.2, 0) is 9.47 Å². The van der Waals surface area contributed by atoms with Gasteiger partial charge >= 0.3 is 5.97 Å². The Balaban J connectivity index is 2.47. The third-order valence-corrected chi connectivity index (χ3v) is 2.47. The van der Waals surface area contributed by atoms with E-state index in [1.807, 2.05) is 6.92 Å². The van der Waals surface area contributed by atoms with E-state index in [1.165, 1.54) is 6.07 Å². The summed E-state index contributed by atoms with van der Waals surface area (Å²) in [5.41, 5.74) is 0.00726. The van der Waals surface area contributed by atoms with Gasteiger partial charge in [-0.25, -0.2) is 13.6 Å². The van der Waals surface area contributed by atoms with Gasteiger partial charge in [-0.2, -0.15) is 0 Å². The van der Waals surface area contributed by atoms with Crippen LogP contribution < -0.4 is 0 Å². The standard InChI is InChI=1S/C13H16F2O3/c1-9(5-6-17-2)8-18-13(16)10-3-4-11(14)12(15)7-10/h3-4,7,9H,5-6,8H2,1-2H3. The summed E-state index contributed by atoms with van der Waals surface area (Å²) in [6.45, 7) is 2.72. The van der Waals surface area contributed by atoms with Crippen LogP contribution in [0.5, 0.6) is 0 Å². The molecular formula is C13H16F2O3. The fraction of sp³-hybridized carbons (Fsp3) is 0.462. The summed E-state index contributed by atoms with van der Waals surface area (Å²) >= 11 is 0. The Morgan fingerprint density at radius 3 is 2.67 bits per heavy atom. The largest absolute Gasteiger partial charge is 0.462 e. The van der Waals surface area contributed by atoms with Crippen LogP contribution in [-0.4, -0.2) is 26.3 Å². The van der Waals surface area contributed by atoms with Crippen LogP contribution in [0.15, 0.2) is 18.2 Å². The third-order valence-electron chi connectivity index (χ3n) is 2.47. The highest BCUT2D eigenvalue weighted by molar-refractivity contribution is 5.89. The lowest BCUT2D eigenvalue weighted by Gasteiger charge is -2.11. The number of methoxy groups -OCH3 is 1. The van der Waals surface area contributed by atoms with Crippen molar-refractivity contribution >= 4 is 5.97 Å². The molecule has 0 amide bonds. The lowest BCUT2D eigenvalue weighted by molar-refractivity contribution is 0.0423. The maximum absolute atomic E-state index is 12.9. The summed E-state index contributed by atoms with van der Waals surface area (Å²) in [6.07, 6.45) is 0.765. The van der Waals surface area contributed by atoms with Gasteiger partial charge < -0.3 is 9.47 Å². The van der Waals surface area contributed by atoms with Crippen molar-refractivity contribution < 1.29 is 23.0 Å². The van der Waals surface area contributed by atoms with Gasteiger partial charge in [0.25, 0.3) is 0 Å². The predicted octanol–water partition coefficient (Wildman–Crippen LogP) is 2.79. The Labute approximate surface area is 105 Å². The smallest absolute Gasteiger partial charge is 0.338 e. The van der Waals surface area contributed by atoms with Crippen LogP contribution in [0.1, 0.15) is 23.7 Å². The van der Waals surface area contributed by atoms with Crippen molar-refractivity contribution in [2.45, 2.75) is 13.3 Å². The SMILES string of the molecule is COCCC(C)COC(=O)c1ccc(F)c(F)c1. The molecule has 1 unspecified atom stereocenters. The minimum absolute atomic E-state index is 0.00726. The highest BCUT2D eigenvalue weighted by Crippen LogP contribution is 2.11. The molecule has 100 valence electrons. The fourth-order valence-electron chi connectivity index (χ4n) is 1.33. The summed E-state index contributed by atoms with van der Waals surface area (Å²) in [5, 5.41) is 0. The Kier molecular flexibility index (Phi) is 5.71. The van der Waals surface area contributed by atoms with Gasteiger partial charge in [-0.1, -0.05) is 6.92 Å². The maximum Gasteiger partial charge on any atom is 0.338 e. The number of esters is 1. The van der Waals surface area contributed by atoms with E-state index in [9.17, 15) is 13.6 Å². The number of carbonyl (C=O) groups is 1. The van der Waals surface area contributed by atoms with Crippen LogP contribution >= 0.6 is 0 Å². The monoisotopic (exact) mass is 258 g/mol. The molecule has 0 radical (unpaired) electrons. The lowest BCUT2D eigenvalue weighted by atomic mass is 10.1. The number of halogens is 2. The number of ether oxygens (including phenoxy) is 2. The van der Waals surface area contributed by atoms with Crippen molar-refractivity contribution in [2.75, 3.05) is 20.3 Å². The molecule has 0 aliphatic rings. The highest BCUT2D eigenvalue weighted by Gasteiger charge is 2.12. The first-order valence-corrected chi connectivity index (χ1v) is 5.65.